The third-order valence-electron chi connectivity index (χ3n) is 4.22. The van der Waals surface area contributed by atoms with E-state index in [1.54, 1.807) is 0 Å². The standard InChI is InChI=1S/C20H21NO3S/c1-2-14-3-6-16(21-13-14)9-10-24-17-7-4-15(5-8-17)11-19-18(22)12-20(23)25-19/h3-8,13,19H,2,9-12H2,1H3. The van der Waals surface area contributed by atoms with Gasteiger partial charge >= 0.3 is 0 Å². The maximum atomic E-state index is 11.7. The highest BCUT2D eigenvalue weighted by molar-refractivity contribution is 8.15. The van der Waals surface area contributed by atoms with E-state index in [2.05, 4.69) is 18.0 Å². The number of ether oxygens (including phenoxy) is 1. The first-order valence-corrected chi connectivity index (χ1v) is 9.39. The number of carbonyl (C=O) groups is 2. The van der Waals surface area contributed by atoms with E-state index in [1.165, 1.54) is 5.56 Å². The molecule has 0 aliphatic carbocycles. The van der Waals surface area contributed by atoms with Gasteiger partial charge in [-0.2, -0.15) is 0 Å². The summed E-state index contributed by atoms with van der Waals surface area (Å²) < 4.78 is 5.76. The van der Waals surface area contributed by atoms with Crippen LogP contribution in [0.15, 0.2) is 42.6 Å². The Kier molecular flexibility index (Phi) is 5.87. The number of aromatic nitrogens is 1. The van der Waals surface area contributed by atoms with Gasteiger partial charge in [0.2, 0.25) is 0 Å². The molecule has 3 rings (SSSR count). The van der Waals surface area contributed by atoms with Crippen molar-refractivity contribution in [2.45, 2.75) is 37.9 Å². The molecule has 2 aromatic rings. The lowest BCUT2D eigenvalue weighted by molar-refractivity contribution is -0.121. The molecular weight excluding hydrogens is 334 g/mol. The summed E-state index contributed by atoms with van der Waals surface area (Å²) in [5, 5.41) is -0.244. The topological polar surface area (TPSA) is 56.3 Å². The molecule has 2 heterocycles. The molecule has 0 saturated carbocycles. The van der Waals surface area contributed by atoms with E-state index >= 15 is 0 Å². The second-order valence-corrected chi connectivity index (χ2v) is 7.34. The van der Waals surface area contributed by atoms with Crippen LogP contribution in [-0.4, -0.2) is 27.7 Å². The first-order valence-electron chi connectivity index (χ1n) is 8.52. The maximum Gasteiger partial charge on any atom is 0.197 e. The molecule has 1 aliphatic heterocycles. The molecule has 1 unspecified atom stereocenters. The molecule has 1 atom stereocenters. The second-order valence-electron chi connectivity index (χ2n) is 6.08. The predicted molar refractivity (Wildman–Crippen MR) is 99.0 cm³/mol. The van der Waals surface area contributed by atoms with Crippen LogP contribution in [-0.2, 0) is 28.9 Å². The van der Waals surface area contributed by atoms with Crippen molar-refractivity contribution in [2.75, 3.05) is 6.61 Å². The number of pyridine rings is 1. The molecule has 0 bridgehead atoms. The van der Waals surface area contributed by atoms with Crippen LogP contribution in [0.25, 0.3) is 0 Å². The fraction of sp³-hybridized carbons (Fsp3) is 0.350. The average molecular weight is 355 g/mol. The Bertz CT molecular complexity index is 741. The number of hydrogen-bond donors (Lipinski definition) is 0. The summed E-state index contributed by atoms with van der Waals surface area (Å²) in [5.41, 5.74) is 3.31. The van der Waals surface area contributed by atoms with Gasteiger partial charge in [0.1, 0.15) is 5.75 Å². The quantitative estimate of drug-likeness (QED) is 0.713. The molecule has 0 amide bonds. The largest absolute Gasteiger partial charge is 0.493 e. The maximum absolute atomic E-state index is 11.7. The van der Waals surface area contributed by atoms with E-state index in [1.807, 2.05) is 36.5 Å². The van der Waals surface area contributed by atoms with Gasteiger partial charge in [-0.1, -0.05) is 36.9 Å². The Morgan fingerprint density at radius 1 is 1.12 bits per heavy atom. The molecule has 1 saturated heterocycles. The number of nitrogens with zero attached hydrogens (tertiary/aromatic N) is 1. The van der Waals surface area contributed by atoms with Gasteiger partial charge in [0.15, 0.2) is 10.9 Å². The van der Waals surface area contributed by atoms with Gasteiger partial charge in [-0.3, -0.25) is 14.6 Å². The lowest BCUT2D eigenvalue weighted by atomic mass is 10.1. The van der Waals surface area contributed by atoms with Crippen LogP contribution in [0.1, 0.15) is 30.2 Å². The summed E-state index contributed by atoms with van der Waals surface area (Å²) in [5.74, 6) is 0.840. The Hall–Kier alpha value is -2.14. The van der Waals surface area contributed by atoms with Crippen molar-refractivity contribution >= 4 is 22.7 Å². The molecule has 0 radical (unpaired) electrons. The highest BCUT2D eigenvalue weighted by Crippen LogP contribution is 2.28. The zero-order valence-electron chi connectivity index (χ0n) is 14.2. The van der Waals surface area contributed by atoms with Crippen LogP contribution < -0.4 is 4.74 Å². The van der Waals surface area contributed by atoms with Crippen molar-refractivity contribution in [2.24, 2.45) is 0 Å². The summed E-state index contributed by atoms with van der Waals surface area (Å²) in [6, 6.07) is 11.9. The molecular formula is C20H21NO3S. The third-order valence-corrected chi connectivity index (χ3v) is 5.34. The van der Waals surface area contributed by atoms with E-state index in [0.29, 0.717) is 13.0 Å². The number of aryl methyl sites for hydroxylation is 1. The van der Waals surface area contributed by atoms with Crippen molar-refractivity contribution in [1.82, 2.24) is 4.98 Å². The molecule has 130 valence electrons. The Balaban J connectivity index is 1.47. The minimum atomic E-state index is -0.226. The number of ketones is 1. The number of Topliss-reactive ketones (excluding diaryl/α,β-unsaturated/α-hetero) is 1. The molecule has 0 spiro atoms. The molecule has 1 aromatic heterocycles. The van der Waals surface area contributed by atoms with Crippen LogP contribution >= 0.6 is 11.8 Å². The first-order chi connectivity index (χ1) is 12.1. The van der Waals surface area contributed by atoms with Crippen molar-refractivity contribution < 1.29 is 14.3 Å². The summed E-state index contributed by atoms with van der Waals surface area (Å²) in [6.07, 6.45) is 4.35. The summed E-state index contributed by atoms with van der Waals surface area (Å²) >= 11 is 1.16. The highest BCUT2D eigenvalue weighted by atomic mass is 32.2. The molecule has 1 aliphatic rings. The van der Waals surface area contributed by atoms with Crippen LogP contribution in [0.3, 0.4) is 0 Å². The van der Waals surface area contributed by atoms with E-state index in [9.17, 15) is 9.59 Å². The smallest absolute Gasteiger partial charge is 0.197 e. The summed E-state index contributed by atoms with van der Waals surface area (Å²) in [7, 11) is 0. The van der Waals surface area contributed by atoms with Crippen molar-refractivity contribution in [1.29, 1.82) is 0 Å². The normalized spacial score (nSPS) is 17.1. The monoisotopic (exact) mass is 355 g/mol. The van der Waals surface area contributed by atoms with Gasteiger partial charge < -0.3 is 4.74 Å². The molecule has 5 heteroatoms. The van der Waals surface area contributed by atoms with Gasteiger partial charge in [-0.15, -0.1) is 0 Å². The van der Waals surface area contributed by atoms with E-state index in [0.717, 1.165) is 41.6 Å². The summed E-state index contributed by atoms with van der Waals surface area (Å²) in [4.78, 5) is 27.4. The van der Waals surface area contributed by atoms with Crippen LogP contribution in [0.2, 0.25) is 0 Å². The number of thioether (sulfide) groups is 1. The van der Waals surface area contributed by atoms with Crippen molar-refractivity contribution in [3.63, 3.8) is 0 Å². The second kappa shape index (κ2) is 8.30. The van der Waals surface area contributed by atoms with Gasteiger partial charge in [0.05, 0.1) is 18.3 Å². The lowest BCUT2D eigenvalue weighted by Gasteiger charge is -2.09. The van der Waals surface area contributed by atoms with E-state index in [-0.39, 0.29) is 22.6 Å². The molecule has 0 N–H and O–H groups in total. The van der Waals surface area contributed by atoms with Crippen LogP contribution in [0.4, 0.5) is 0 Å². The molecule has 25 heavy (non-hydrogen) atoms. The van der Waals surface area contributed by atoms with Gasteiger partial charge in [-0.25, -0.2) is 0 Å². The van der Waals surface area contributed by atoms with Crippen molar-refractivity contribution in [3.8, 4) is 5.75 Å². The minimum absolute atomic E-state index is 0.0180. The molecule has 1 aromatic carbocycles. The number of carbonyl (C=O) groups excluding carboxylic acids is 2. The number of rotatable bonds is 7. The van der Waals surface area contributed by atoms with Gasteiger partial charge in [0.25, 0.3) is 0 Å². The van der Waals surface area contributed by atoms with Gasteiger partial charge in [-0.05, 0) is 42.2 Å². The van der Waals surface area contributed by atoms with Gasteiger partial charge in [0, 0.05) is 18.3 Å². The molecule has 1 fully saturated rings. The number of benzene rings is 1. The summed E-state index contributed by atoms with van der Waals surface area (Å²) in [6.45, 7) is 2.69. The van der Waals surface area contributed by atoms with Crippen LogP contribution in [0, 0.1) is 0 Å². The fourth-order valence-corrected chi connectivity index (χ4v) is 3.73. The molecule has 4 nitrogen and oxygen atoms in total. The first kappa shape index (κ1) is 17.7. The number of hydrogen-bond acceptors (Lipinski definition) is 5. The fourth-order valence-electron chi connectivity index (χ4n) is 2.70. The average Bonchev–Trinajstić information content (AvgIpc) is 2.94. The third kappa shape index (κ3) is 4.92. The zero-order valence-corrected chi connectivity index (χ0v) is 15.1. The Morgan fingerprint density at radius 2 is 1.88 bits per heavy atom. The SMILES string of the molecule is CCc1ccc(CCOc2ccc(CC3SC(=O)CC3=O)cc2)nc1. The van der Waals surface area contributed by atoms with E-state index < -0.39 is 0 Å². The Labute approximate surface area is 152 Å². The zero-order chi connectivity index (χ0) is 17.6. The van der Waals surface area contributed by atoms with Crippen LogP contribution in [0.5, 0.6) is 5.75 Å². The Morgan fingerprint density at radius 3 is 2.48 bits per heavy atom. The van der Waals surface area contributed by atoms with E-state index in [4.69, 9.17) is 4.74 Å². The minimum Gasteiger partial charge on any atom is -0.493 e. The highest BCUT2D eigenvalue weighted by Gasteiger charge is 2.31. The van der Waals surface area contributed by atoms with Crippen molar-refractivity contribution in [3.05, 3.63) is 59.4 Å². The lowest BCUT2D eigenvalue weighted by Crippen LogP contribution is -2.13. The predicted octanol–water partition coefficient (Wildman–Crippen LogP) is 3.41.